The first-order valence-electron chi connectivity index (χ1n) is 7.27. The second kappa shape index (κ2) is 5.53. The Hall–Kier alpha value is -3.21. The van der Waals surface area contributed by atoms with Crippen molar-refractivity contribution in [3.63, 3.8) is 0 Å². The molecule has 0 spiro atoms. The van der Waals surface area contributed by atoms with Crippen LogP contribution in [0.25, 0.3) is 28.0 Å². The molecule has 0 atom stereocenters. The van der Waals surface area contributed by atoms with Gasteiger partial charge in [0, 0.05) is 18.0 Å². The lowest BCUT2D eigenvalue weighted by Gasteiger charge is -2.04. The molecule has 0 N–H and O–H groups in total. The fraction of sp³-hybridized carbons (Fsp3) is 0.0556. The van der Waals surface area contributed by atoms with Gasteiger partial charge in [0.05, 0.1) is 23.9 Å². The molecule has 3 heterocycles. The third-order valence-electron chi connectivity index (χ3n) is 3.66. The zero-order valence-corrected chi connectivity index (χ0v) is 12.5. The Labute approximate surface area is 133 Å². The number of aromatic nitrogens is 4. The van der Waals surface area contributed by atoms with Crippen molar-refractivity contribution in [2.45, 2.75) is 0 Å². The number of ether oxygens (including phenoxy) is 1. The Kier molecular flexibility index (Phi) is 3.24. The third-order valence-corrected chi connectivity index (χ3v) is 3.66. The minimum absolute atomic E-state index is 0.344. The summed E-state index contributed by atoms with van der Waals surface area (Å²) < 4.78 is 7.03. The molecule has 112 valence electrons. The topological polar surface area (TPSA) is 52.3 Å². The highest BCUT2D eigenvalue weighted by Crippen LogP contribution is 2.34. The number of pyridine rings is 1. The summed E-state index contributed by atoms with van der Waals surface area (Å²) >= 11 is 0. The Morgan fingerprint density at radius 2 is 1.78 bits per heavy atom. The average molecular weight is 302 g/mol. The molecular weight excluding hydrogens is 288 g/mol. The molecule has 0 saturated carbocycles. The fourth-order valence-corrected chi connectivity index (χ4v) is 2.63. The molecule has 5 nitrogen and oxygen atoms in total. The van der Waals surface area contributed by atoms with Crippen molar-refractivity contribution in [3.05, 3.63) is 67.0 Å². The van der Waals surface area contributed by atoms with E-state index in [0.29, 0.717) is 6.01 Å². The van der Waals surface area contributed by atoms with Gasteiger partial charge in [0.2, 0.25) is 0 Å². The van der Waals surface area contributed by atoms with Gasteiger partial charge < -0.3 is 4.74 Å². The zero-order chi connectivity index (χ0) is 15.6. The second-order valence-corrected chi connectivity index (χ2v) is 5.05. The van der Waals surface area contributed by atoms with Crippen molar-refractivity contribution >= 4 is 5.52 Å². The summed E-state index contributed by atoms with van der Waals surface area (Å²) in [6.07, 6.45) is 3.63. The minimum atomic E-state index is 0.344. The van der Waals surface area contributed by atoms with Gasteiger partial charge >= 0.3 is 6.01 Å². The molecule has 0 aliphatic rings. The molecule has 0 saturated heterocycles. The standard InChI is InChI=1S/C18H14N4O/c1-23-18-19-11-10-14(20-18)16-15-9-5-6-12-22(15)21-17(16)13-7-3-2-4-8-13/h2-12H,1H3. The molecule has 0 fully saturated rings. The normalized spacial score (nSPS) is 10.8. The van der Waals surface area contributed by atoms with E-state index in [1.165, 1.54) is 0 Å². The smallest absolute Gasteiger partial charge is 0.316 e. The van der Waals surface area contributed by atoms with Crippen molar-refractivity contribution in [2.24, 2.45) is 0 Å². The van der Waals surface area contributed by atoms with Gasteiger partial charge in [-0.3, -0.25) is 0 Å². The van der Waals surface area contributed by atoms with Crippen LogP contribution in [-0.4, -0.2) is 26.7 Å². The Morgan fingerprint density at radius 1 is 0.957 bits per heavy atom. The van der Waals surface area contributed by atoms with Crippen LogP contribution in [0.2, 0.25) is 0 Å². The predicted octanol–water partition coefficient (Wildman–Crippen LogP) is 3.47. The molecule has 0 unspecified atom stereocenters. The Bertz CT molecular complexity index is 963. The first-order chi connectivity index (χ1) is 11.4. The molecule has 0 amide bonds. The molecule has 0 radical (unpaired) electrons. The van der Waals surface area contributed by atoms with E-state index in [4.69, 9.17) is 9.84 Å². The van der Waals surface area contributed by atoms with Gasteiger partial charge in [-0.25, -0.2) is 9.50 Å². The molecule has 3 aromatic heterocycles. The van der Waals surface area contributed by atoms with Gasteiger partial charge in [-0.05, 0) is 18.2 Å². The van der Waals surface area contributed by atoms with E-state index in [2.05, 4.69) is 9.97 Å². The minimum Gasteiger partial charge on any atom is -0.467 e. The van der Waals surface area contributed by atoms with Crippen LogP contribution in [0.5, 0.6) is 6.01 Å². The van der Waals surface area contributed by atoms with E-state index in [1.54, 1.807) is 13.3 Å². The average Bonchev–Trinajstić information content (AvgIpc) is 3.02. The van der Waals surface area contributed by atoms with Crippen molar-refractivity contribution in [2.75, 3.05) is 7.11 Å². The SMILES string of the molecule is COc1nccc(-c2c(-c3ccccc3)nn3ccccc23)n1. The zero-order valence-electron chi connectivity index (χ0n) is 12.5. The Morgan fingerprint density at radius 3 is 2.61 bits per heavy atom. The molecule has 0 aliphatic carbocycles. The van der Waals surface area contributed by atoms with Gasteiger partial charge in [-0.15, -0.1) is 0 Å². The van der Waals surface area contributed by atoms with Crippen molar-refractivity contribution in [3.8, 4) is 28.5 Å². The lowest BCUT2D eigenvalue weighted by atomic mass is 10.0. The van der Waals surface area contributed by atoms with Gasteiger partial charge in [0.1, 0.15) is 5.69 Å². The number of nitrogens with zero attached hydrogens (tertiary/aromatic N) is 4. The molecule has 0 bridgehead atoms. The van der Waals surface area contributed by atoms with Gasteiger partial charge in [0.25, 0.3) is 0 Å². The molecule has 4 aromatic rings. The van der Waals surface area contributed by atoms with Crippen LogP contribution >= 0.6 is 0 Å². The summed E-state index contributed by atoms with van der Waals surface area (Å²) in [4.78, 5) is 8.57. The van der Waals surface area contributed by atoms with E-state index >= 15 is 0 Å². The summed E-state index contributed by atoms with van der Waals surface area (Å²) in [7, 11) is 1.56. The first kappa shape index (κ1) is 13.5. The fourth-order valence-electron chi connectivity index (χ4n) is 2.63. The highest BCUT2D eigenvalue weighted by molar-refractivity contribution is 5.90. The molecule has 4 rings (SSSR count). The summed E-state index contributed by atoms with van der Waals surface area (Å²) in [6.45, 7) is 0. The van der Waals surface area contributed by atoms with Crippen molar-refractivity contribution < 1.29 is 4.74 Å². The van der Waals surface area contributed by atoms with Crippen LogP contribution in [0, 0.1) is 0 Å². The van der Waals surface area contributed by atoms with Crippen LogP contribution in [-0.2, 0) is 0 Å². The maximum atomic E-state index is 5.16. The monoisotopic (exact) mass is 302 g/mol. The lowest BCUT2D eigenvalue weighted by molar-refractivity contribution is 0.380. The van der Waals surface area contributed by atoms with Crippen LogP contribution in [0.15, 0.2) is 67.0 Å². The lowest BCUT2D eigenvalue weighted by Crippen LogP contribution is -1.93. The van der Waals surface area contributed by atoms with E-state index in [0.717, 1.165) is 28.0 Å². The molecular formula is C18H14N4O. The Balaban J connectivity index is 2.03. The highest BCUT2D eigenvalue weighted by atomic mass is 16.5. The summed E-state index contributed by atoms with van der Waals surface area (Å²) in [5, 5.41) is 4.73. The summed E-state index contributed by atoms with van der Waals surface area (Å²) in [5.74, 6) is 0. The van der Waals surface area contributed by atoms with E-state index < -0.39 is 0 Å². The van der Waals surface area contributed by atoms with Crippen molar-refractivity contribution in [1.82, 2.24) is 19.6 Å². The van der Waals surface area contributed by atoms with E-state index in [-0.39, 0.29) is 0 Å². The third kappa shape index (κ3) is 2.32. The first-order valence-corrected chi connectivity index (χ1v) is 7.27. The maximum absolute atomic E-state index is 5.16. The number of hydrogen-bond donors (Lipinski definition) is 0. The van der Waals surface area contributed by atoms with E-state index in [1.807, 2.05) is 65.3 Å². The summed E-state index contributed by atoms with van der Waals surface area (Å²) in [5.41, 5.74) is 4.68. The van der Waals surface area contributed by atoms with Crippen LogP contribution in [0.3, 0.4) is 0 Å². The maximum Gasteiger partial charge on any atom is 0.316 e. The molecule has 1 aromatic carbocycles. The van der Waals surface area contributed by atoms with Crippen LogP contribution in [0.1, 0.15) is 0 Å². The number of fused-ring (bicyclic) bond motifs is 1. The van der Waals surface area contributed by atoms with Gasteiger partial charge in [-0.1, -0.05) is 36.4 Å². The number of hydrogen-bond acceptors (Lipinski definition) is 4. The van der Waals surface area contributed by atoms with Crippen molar-refractivity contribution in [1.29, 1.82) is 0 Å². The van der Waals surface area contributed by atoms with Gasteiger partial charge in [0.15, 0.2) is 0 Å². The molecule has 23 heavy (non-hydrogen) atoms. The molecule has 0 aliphatic heterocycles. The summed E-state index contributed by atoms with van der Waals surface area (Å²) in [6, 6.07) is 18.3. The van der Waals surface area contributed by atoms with Gasteiger partial charge in [-0.2, -0.15) is 10.1 Å². The van der Waals surface area contributed by atoms with Crippen LogP contribution < -0.4 is 4.74 Å². The highest BCUT2D eigenvalue weighted by Gasteiger charge is 2.17. The van der Waals surface area contributed by atoms with E-state index in [9.17, 15) is 0 Å². The number of benzene rings is 1. The number of rotatable bonds is 3. The number of methoxy groups -OCH3 is 1. The predicted molar refractivity (Wildman–Crippen MR) is 88.2 cm³/mol. The second-order valence-electron chi connectivity index (χ2n) is 5.05. The van der Waals surface area contributed by atoms with Crippen LogP contribution in [0.4, 0.5) is 0 Å². The quantitative estimate of drug-likeness (QED) is 0.581. The largest absolute Gasteiger partial charge is 0.467 e. The molecule has 5 heteroatoms.